The van der Waals surface area contributed by atoms with Gasteiger partial charge in [-0.15, -0.1) is 0 Å². The predicted molar refractivity (Wildman–Crippen MR) is 78.0 cm³/mol. The number of hydrogen-bond donors (Lipinski definition) is 2. The number of rotatable bonds is 2. The number of benzene rings is 1. The lowest BCUT2D eigenvalue weighted by Gasteiger charge is -2.08. The van der Waals surface area contributed by atoms with Crippen LogP contribution < -0.4 is 5.32 Å². The van der Waals surface area contributed by atoms with Crippen molar-refractivity contribution >= 4 is 34.1 Å². The number of hydrogen-bond acceptors (Lipinski definition) is 3. The second-order valence-corrected chi connectivity index (χ2v) is 4.78. The highest BCUT2D eigenvalue weighted by molar-refractivity contribution is 6.29. The van der Waals surface area contributed by atoms with Crippen molar-refractivity contribution in [3.8, 4) is 0 Å². The Balaban J connectivity index is 1.88. The molecule has 100 valence electrons. The third kappa shape index (κ3) is 2.35. The van der Waals surface area contributed by atoms with Crippen molar-refractivity contribution in [1.29, 1.82) is 0 Å². The molecule has 3 aromatic rings. The summed E-state index contributed by atoms with van der Waals surface area (Å²) >= 11 is 5.79. The van der Waals surface area contributed by atoms with Crippen LogP contribution in [0.1, 0.15) is 16.1 Å². The molecule has 0 radical (unpaired) electrons. The van der Waals surface area contributed by atoms with Gasteiger partial charge < -0.3 is 5.32 Å². The van der Waals surface area contributed by atoms with E-state index < -0.39 is 0 Å². The SMILES string of the molecule is Cc1nc(Cl)ccc1NC(=O)c1ccc2cn[nH]c2c1. The van der Waals surface area contributed by atoms with Gasteiger partial charge in [-0.3, -0.25) is 9.89 Å². The fraction of sp³-hybridized carbons (Fsp3) is 0.0714. The summed E-state index contributed by atoms with van der Waals surface area (Å²) in [5.74, 6) is -0.200. The van der Waals surface area contributed by atoms with Gasteiger partial charge in [0.1, 0.15) is 5.15 Å². The monoisotopic (exact) mass is 286 g/mol. The quantitative estimate of drug-likeness (QED) is 0.711. The third-order valence-corrected chi connectivity index (χ3v) is 3.21. The molecule has 0 atom stereocenters. The van der Waals surface area contributed by atoms with Gasteiger partial charge in [0, 0.05) is 10.9 Å². The molecule has 6 heteroatoms. The van der Waals surface area contributed by atoms with E-state index in [2.05, 4.69) is 20.5 Å². The number of aromatic nitrogens is 3. The molecule has 1 amide bonds. The molecule has 2 aromatic heterocycles. The lowest BCUT2D eigenvalue weighted by molar-refractivity contribution is 0.102. The minimum atomic E-state index is -0.200. The lowest BCUT2D eigenvalue weighted by atomic mass is 10.1. The van der Waals surface area contributed by atoms with E-state index in [9.17, 15) is 4.79 Å². The van der Waals surface area contributed by atoms with E-state index in [-0.39, 0.29) is 5.91 Å². The molecule has 5 nitrogen and oxygen atoms in total. The van der Waals surface area contributed by atoms with E-state index in [1.807, 2.05) is 6.07 Å². The molecular formula is C14H11ClN4O. The standard InChI is InChI=1S/C14H11ClN4O/c1-8-11(4-5-13(15)17-8)18-14(20)9-2-3-10-7-16-19-12(10)6-9/h2-7H,1H3,(H,16,19)(H,18,20). The highest BCUT2D eigenvalue weighted by Crippen LogP contribution is 2.18. The summed E-state index contributed by atoms with van der Waals surface area (Å²) in [7, 11) is 0. The van der Waals surface area contributed by atoms with E-state index in [1.54, 1.807) is 37.4 Å². The maximum atomic E-state index is 12.2. The average molecular weight is 287 g/mol. The van der Waals surface area contributed by atoms with Gasteiger partial charge in [-0.25, -0.2) is 4.98 Å². The molecule has 0 saturated carbocycles. The number of halogens is 1. The van der Waals surface area contributed by atoms with Crippen LogP contribution in [0.15, 0.2) is 36.5 Å². The molecule has 1 aromatic carbocycles. The molecule has 0 bridgehead atoms. The Bertz CT molecular complexity index is 797. The molecule has 20 heavy (non-hydrogen) atoms. The van der Waals surface area contributed by atoms with Gasteiger partial charge in [0.2, 0.25) is 0 Å². The number of carbonyl (C=O) groups excluding carboxylic acids is 1. The lowest BCUT2D eigenvalue weighted by Crippen LogP contribution is -2.13. The van der Waals surface area contributed by atoms with Gasteiger partial charge >= 0.3 is 0 Å². The summed E-state index contributed by atoms with van der Waals surface area (Å²) in [6.45, 7) is 1.79. The van der Waals surface area contributed by atoms with Crippen LogP contribution in [-0.2, 0) is 0 Å². The van der Waals surface area contributed by atoms with Crippen LogP contribution in [0.4, 0.5) is 5.69 Å². The van der Waals surface area contributed by atoms with Crippen LogP contribution in [0, 0.1) is 6.92 Å². The Labute approximate surface area is 120 Å². The second-order valence-electron chi connectivity index (χ2n) is 4.39. The van der Waals surface area contributed by atoms with E-state index in [0.29, 0.717) is 22.1 Å². The zero-order valence-electron chi connectivity index (χ0n) is 10.6. The van der Waals surface area contributed by atoms with Gasteiger partial charge in [0.05, 0.1) is 23.1 Å². The normalized spacial score (nSPS) is 10.7. The fourth-order valence-corrected chi connectivity index (χ4v) is 2.13. The Morgan fingerprint density at radius 3 is 2.95 bits per heavy atom. The van der Waals surface area contributed by atoms with E-state index in [4.69, 9.17) is 11.6 Å². The number of nitrogens with zero attached hydrogens (tertiary/aromatic N) is 2. The van der Waals surface area contributed by atoms with Crippen molar-refractivity contribution in [3.05, 3.63) is 52.9 Å². The molecule has 0 aliphatic rings. The molecule has 0 aliphatic heterocycles. The molecule has 0 fully saturated rings. The van der Waals surface area contributed by atoms with Crippen molar-refractivity contribution in [2.45, 2.75) is 6.92 Å². The molecule has 0 spiro atoms. The van der Waals surface area contributed by atoms with Crippen LogP contribution >= 0.6 is 11.6 Å². The summed E-state index contributed by atoms with van der Waals surface area (Å²) < 4.78 is 0. The number of H-pyrrole nitrogens is 1. The molecular weight excluding hydrogens is 276 g/mol. The number of fused-ring (bicyclic) bond motifs is 1. The number of aromatic amines is 1. The van der Waals surface area contributed by atoms with Crippen molar-refractivity contribution in [2.24, 2.45) is 0 Å². The van der Waals surface area contributed by atoms with Gasteiger partial charge in [0.25, 0.3) is 5.91 Å². The minimum Gasteiger partial charge on any atom is -0.320 e. The minimum absolute atomic E-state index is 0.200. The highest BCUT2D eigenvalue weighted by atomic mass is 35.5. The molecule has 0 saturated heterocycles. The predicted octanol–water partition coefficient (Wildman–Crippen LogP) is 3.17. The van der Waals surface area contributed by atoms with Gasteiger partial charge in [-0.2, -0.15) is 5.10 Å². The zero-order chi connectivity index (χ0) is 14.1. The topological polar surface area (TPSA) is 70.7 Å². The van der Waals surface area contributed by atoms with E-state index in [0.717, 1.165) is 10.9 Å². The molecule has 3 rings (SSSR count). The van der Waals surface area contributed by atoms with Gasteiger partial charge in [-0.1, -0.05) is 17.7 Å². The maximum absolute atomic E-state index is 12.2. The summed E-state index contributed by atoms with van der Waals surface area (Å²) in [5.41, 5.74) is 2.69. The van der Waals surface area contributed by atoms with E-state index >= 15 is 0 Å². The van der Waals surface area contributed by atoms with Crippen molar-refractivity contribution in [1.82, 2.24) is 15.2 Å². The highest BCUT2D eigenvalue weighted by Gasteiger charge is 2.09. The summed E-state index contributed by atoms with van der Waals surface area (Å²) in [5, 5.41) is 10.9. The van der Waals surface area contributed by atoms with Crippen molar-refractivity contribution in [3.63, 3.8) is 0 Å². The third-order valence-electron chi connectivity index (χ3n) is 3.00. The summed E-state index contributed by atoms with van der Waals surface area (Å²) in [6.07, 6.45) is 1.71. The number of nitrogens with one attached hydrogen (secondary N) is 2. The van der Waals surface area contributed by atoms with Crippen LogP contribution in [0.3, 0.4) is 0 Å². The van der Waals surface area contributed by atoms with Gasteiger partial charge in [0.15, 0.2) is 0 Å². The number of amides is 1. The Morgan fingerprint density at radius 2 is 2.15 bits per heavy atom. The first kappa shape index (κ1) is 12.6. The summed E-state index contributed by atoms with van der Waals surface area (Å²) in [6, 6.07) is 8.74. The molecule has 2 heterocycles. The zero-order valence-corrected chi connectivity index (χ0v) is 11.4. The second kappa shape index (κ2) is 4.94. The number of pyridine rings is 1. The fourth-order valence-electron chi connectivity index (χ4n) is 1.94. The number of carbonyl (C=O) groups is 1. The first-order valence-electron chi connectivity index (χ1n) is 6.01. The van der Waals surface area contributed by atoms with Gasteiger partial charge in [-0.05, 0) is 31.2 Å². The van der Waals surface area contributed by atoms with Crippen LogP contribution in [-0.4, -0.2) is 21.1 Å². The Morgan fingerprint density at radius 1 is 1.30 bits per heavy atom. The summed E-state index contributed by atoms with van der Waals surface area (Å²) in [4.78, 5) is 16.3. The Kier molecular flexibility index (Phi) is 3.12. The maximum Gasteiger partial charge on any atom is 0.255 e. The molecule has 2 N–H and O–H groups in total. The molecule has 0 unspecified atom stereocenters. The number of anilines is 1. The largest absolute Gasteiger partial charge is 0.320 e. The molecule has 0 aliphatic carbocycles. The first-order chi connectivity index (χ1) is 9.63. The van der Waals surface area contributed by atoms with Crippen molar-refractivity contribution in [2.75, 3.05) is 5.32 Å². The smallest absolute Gasteiger partial charge is 0.255 e. The van der Waals surface area contributed by atoms with Crippen LogP contribution in [0.2, 0.25) is 5.15 Å². The average Bonchev–Trinajstić information content (AvgIpc) is 2.89. The van der Waals surface area contributed by atoms with Crippen LogP contribution in [0.5, 0.6) is 0 Å². The number of aryl methyl sites for hydroxylation is 1. The van der Waals surface area contributed by atoms with Crippen LogP contribution in [0.25, 0.3) is 10.9 Å². The van der Waals surface area contributed by atoms with Crippen molar-refractivity contribution < 1.29 is 4.79 Å². The first-order valence-corrected chi connectivity index (χ1v) is 6.39. The Hall–Kier alpha value is -2.40. The van der Waals surface area contributed by atoms with E-state index in [1.165, 1.54) is 0 Å².